The summed E-state index contributed by atoms with van der Waals surface area (Å²) in [6.45, 7) is 13.7. The van der Waals surface area contributed by atoms with E-state index >= 15 is 0 Å². The first-order chi connectivity index (χ1) is 12.9. The summed E-state index contributed by atoms with van der Waals surface area (Å²) in [4.78, 5) is 23.0. The molecule has 2 heterocycles. The van der Waals surface area contributed by atoms with Crippen LogP contribution < -0.4 is 5.32 Å². The molecule has 1 aliphatic heterocycles. The lowest BCUT2D eigenvalue weighted by Crippen LogP contribution is -2.48. The third-order valence-corrected chi connectivity index (χ3v) is 6.49. The second-order valence-corrected chi connectivity index (χ2v) is 8.81. The number of hydrogen-bond acceptors (Lipinski definition) is 5. The number of amides is 1. The van der Waals surface area contributed by atoms with Gasteiger partial charge in [-0.3, -0.25) is 14.6 Å². The van der Waals surface area contributed by atoms with Crippen LogP contribution in [0.4, 0.5) is 5.69 Å². The molecule has 0 bridgehead atoms. The van der Waals surface area contributed by atoms with E-state index in [9.17, 15) is 4.79 Å². The number of carbonyl (C=O) groups is 1. The minimum Gasteiger partial charge on any atom is -0.325 e. The molecule has 0 saturated carbocycles. The Morgan fingerprint density at radius 1 is 1.19 bits per heavy atom. The van der Waals surface area contributed by atoms with Crippen LogP contribution in [0.25, 0.3) is 0 Å². The summed E-state index contributed by atoms with van der Waals surface area (Å²) < 4.78 is 0. The molecule has 6 heteroatoms. The summed E-state index contributed by atoms with van der Waals surface area (Å²) in [5.74, 6) is 0.613. The van der Waals surface area contributed by atoms with E-state index in [4.69, 9.17) is 0 Å². The minimum atomic E-state index is 0.0682. The molecule has 1 aromatic carbocycles. The van der Waals surface area contributed by atoms with E-state index in [-0.39, 0.29) is 5.91 Å². The normalized spacial score (nSPS) is 16.0. The Morgan fingerprint density at radius 2 is 1.89 bits per heavy atom. The number of aromatic nitrogens is 1. The second kappa shape index (κ2) is 8.95. The molecule has 1 fully saturated rings. The summed E-state index contributed by atoms with van der Waals surface area (Å²) in [7, 11) is 0. The van der Waals surface area contributed by atoms with Crippen LogP contribution in [0.3, 0.4) is 0 Å². The molecule has 3 rings (SSSR count). The van der Waals surface area contributed by atoms with Crippen molar-refractivity contribution < 1.29 is 4.79 Å². The number of aryl methyl sites for hydroxylation is 1. The molecule has 146 valence electrons. The number of rotatable bonds is 6. The fourth-order valence-electron chi connectivity index (χ4n) is 3.24. The van der Waals surface area contributed by atoms with Crippen molar-refractivity contribution >= 4 is 22.9 Å². The number of nitrogens with one attached hydrogen (secondary N) is 1. The lowest BCUT2D eigenvalue weighted by Gasteiger charge is -2.33. The van der Waals surface area contributed by atoms with E-state index in [1.54, 1.807) is 0 Å². The highest BCUT2D eigenvalue weighted by molar-refractivity contribution is 7.11. The van der Waals surface area contributed by atoms with Crippen molar-refractivity contribution in [2.24, 2.45) is 0 Å². The van der Waals surface area contributed by atoms with Crippen LogP contribution in [0.15, 0.2) is 24.4 Å². The Kier molecular flexibility index (Phi) is 6.63. The average molecular weight is 387 g/mol. The Morgan fingerprint density at radius 3 is 2.56 bits per heavy atom. The van der Waals surface area contributed by atoms with Crippen LogP contribution in [0.2, 0.25) is 0 Å². The molecular weight excluding hydrogens is 356 g/mol. The molecule has 27 heavy (non-hydrogen) atoms. The van der Waals surface area contributed by atoms with Gasteiger partial charge in [-0.2, -0.15) is 0 Å². The Balaban J connectivity index is 1.44. The van der Waals surface area contributed by atoms with Crippen molar-refractivity contribution in [1.29, 1.82) is 0 Å². The zero-order valence-electron chi connectivity index (χ0n) is 16.8. The van der Waals surface area contributed by atoms with Gasteiger partial charge in [-0.25, -0.2) is 4.98 Å². The molecule has 5 nitrogen and oxygen atoms in total. The smallest absolute Gasteiger partial charge is 0.238 e. The van der Waals surface area contributed by atoms with Crippen molar-refractivity contribution in [3.63, 3.8) is 0 Å². The molecule has 0 spiro atoms. The van der Waals surface area contributed by atoms with Crippen molar-refractivity contribution in [3.05, 3.63) is 45.4 Å². The summed E-state index contributed by atoms with van der Waals surface area (Å²) in [6.07, 6.45) is 2.01. The number of carbonyl (C=O) groups excluding carboxylic acids is 1. The highest BCUT2D eigenvalue weighted by atomic mass is 32.1. The minimum absolute atomic E-state index is 0.0682. The van der Waals surface area contributed by atoms with Gasteiger partial charge in [0.15, 0.2) is 0 Å². The summed E-state index contributed by atoms with van der Waals surface area (Å²) in [6, 6.07) is 6.02. The van der Waals surface area contributed by atoms with Crippen LogP contribution in [0.1, 0.15) is 40.8 Å². The first-order valence-electron chi connectivity index (χ1n) is 9.67. The maximum Gasteiger partial charge on any atom is 0.238 e. The van der Waals surface area contributed by atoms with Gasteiger partial charge in [0.1, 0.15) is 5.01 Å². The maximum absolute atomic E-state index is 12.4. The van der Waals surface area contributed by atoms with Crippen molar-refractivity contribution in [1.82, 2.24) is 14.8 Å². The third-order valence-electron chi connectivity index (χ3n) is 5.21. The fourth-order valence-corrected chi connectivity index (χ4v) is 4.21. The van der Waals surface area contributed by atoms with Crippen molar-refractivity contribution in [3.8, 4) is 0 Å². The van der Waals surface area contributed by atoms with Gasteiger partial charge in [0.05, 0.1) is 13.1 Å². The molecule has 0 atom stereocenters. The Bertz CT molecular complexity index is 778. The van der Waals surface area contributed by atoms with Gasteiger partial charge in [0, 0.05) is 42.9 Å². The first-order valence-corrected chi connectivity index (χ1v) is 10.5. The van der Waals surface area contributed by atoms with Gasteiger partial charge < -0.3 is 5.32 Å². The van der Waals surface area contributed by atoms with Gasteiger partial charge in [0.25, 0.3) is 0 Å². The SMILES string of the molecule is Cc1cccc(NC(=O)CN2CCN(Cc3ncc(C(C)C)s3)CC2)c1C. The van der Waals surface area contributed by atoms with E-state index in [0.717, 1.165) is 44.0 Å². The average Bonchev–Trinajstić information content (AvgIpc) is 3.09. The quantitative estimate of drug-likeness (QED) is 0.823. The number of anilines is 1. The Labute approximate surface area is 166 Å². The van der Waals surface area contributed by atoms with Crippen molar-refractivity contribution in [2.75, 3.05) is 38.0 Å². The Hall–Kier alpha value is -1.76. The summed E-state index contributed by atoms with van der Waals surface area (Å²) in [5.41, 5.74) is 3.26. The molecule has 0 radical (unpaired) electrons. The predicted octanol–water partition coefficient (Wildman–Crippen LogP) is 3.64. The van der Waals surface area contributed by atoms with Gasteiger partial charge in [-0.15, -0.1) is 11.3 Å². The lowest BCUT2D eigenvalue weighted by molar-refractivity contribution is -0.117. The predicted molar refractivity (Wildman–Crippen MR) is 112 cm³/mol. The monoisotopic (exact) mass is 386 g/mol. The van der Waals surface area contributed by atoms with E-state index in [2.05, 4.69) is 46.9 Å². The molecule has 1 saturated heterocycles. The zero-order chi connectivity index (χ0) is 19.4. The van der Waals surface area contributed by atoms with Gasteiger partial charge >= 0.3 is 0 Å². The zero-order valence-corrected chi connectivity index (χ0v) is 17.6. The van der Waals surface area contributed by atoms with E-state index in [0.29, 0.717) is 12.5 Å². The topological polar surface area (TPSA) is 48.5 Å². The van der Waals surface area contributed by atoms with Gasteiger partial charge in [-0.05, 0) is 37.0 Å². The largest absolute Gasteiger partial charge is 0.325 e. The molecule has 1 N–H and O–H groups in total. The molecule has 1 amide bonds. The van der Waals surface area contributed by atoms with Crippen molar-refractivity contribution in [2.45, 2.75) is 40.2 Å². The number of hydrogen-bond donors (Lipinski definition) is 1. The summed E-state index contributed by atoms with van der Waals surface area (Å²) >= 11 is 1.82. The molecule has 2 aromatic rings. The van der Waals surface area contributed by atoms with E-state index < -0.39 is 0 Å². The van der Waals surface area contributed by atoms with Gasteiger partial charge in [0.2, 0.25) is 5.91 Å². The fraction of sp³-hybridized carbons (Fsp3) is 0.524. The van der Waals surface area contributed by atoms with Crippen LogP contribution in [-0.2, 0) is 11.3 Å². The van der Waals surface area contributed by atoms with Crippen LogP contribution >= 0.6 is 11.3 Å². The molecule has 1 aromatic heterocycles. The van der Waals surface area contributed by atoms with E-state index in [1.165, 1.54) is 15.4 Å². The van der Waals surface area contributed by atoms with Crippen LogP contribution in [0.5, 0.6) is 0 Å². The first kappa shape index (κ1) is 20.0. The molecule has 0 unspecified atom stereocenters. The van der Waals surface area contributed by atoms with Crippen LogP contribution in [0, 0.1) is 13.8 Å². The lowest BCUT2D eigenvalue weighted by atomic mass is 10.1. The summed E-state index contributed by atoms with van der Waals surface area (Å²) in [5, 5.41) is 4.25. The number of nitrogens with zero attached hydrogens (tertiary/aromatic N) is 3. The second-order valence-electron chi connectivity index (χ2n) is 7.66. The molecule has 1 aliphatic rings. The maximum atomic E-state index is 12.4. The van der Waals surface area contributed by atoms with Crippen LogP contribution in [-0.4, -0.2) is 53.4 Å². The number of benzene rings is 1. The standard InChI is InChI=1S/C21H30N4OS/c1-15(2)19-12-22-21(27-19)14-25-10-8-24(9-11-25)13-20(26)23-18-7-5-6-16(3)17(18)4/h5-7,12,15H,8-11,13-14H2,1-4H3,(H,23,26). The number of piperazine rings is 1. The van der Waals surface area contributed by atoms with E-state index in [1.807, 2.05) is 36.6 Å². The molecular formula is C21H30N4OS. The van der Waals surface area contributed by atoms with Gasteiger partial charge in [-0.1, -0.05) is 26.0 Å². The molecule has 0 aliphatic carbocycles. The number of thiazole rings is 1. The highest BCUT2D eigenvalue weighted by Crippen LogP contribution is 2.23. The third kappa shape index (κ3) is 5.37. The highest BCUT2D eigenvalue weighted by Gasteiger charge is 2.20.